The smallest absolute Gasteiger partial charge is 0.431 e. The normalized spacial score (nSPS) is 33.0. The lowest BCUT2D eigenvalue weighted by molar-refractivity contribution is -0.144. The molecule has 6 heteroatoms. The summed E-state index contributed by atoms with van der Waals surface area (Å²) < 4.78 is 5.10. The summed E-state index contributed by atoms with van der Waals surface area (Å²) in [7, 11) is 0. The lowest BCUT2D eigenvalue weighted by atomic mass is 9.70. The van der Waals surface area contributed by atoms with Gasteiger partial charge in [-0.05, 0) is 44.9 Å². The molecule has 2 bridgehead atoms. The van der Waals surface area contributed by atoms with Crippen LogP contribution in [0.2, 0.25) is 0 Å². The molecule has 2 amide bonds. The Labute approximate surface area is 131 Å². The van der Waals surface area contributed by atoms with Crippen molar-refractivity contribution in [2.24, 2.45) is 28.5 Å². The highest BCUT2D eigenvalue weighted by Crippen LogP contribution is 2.65. The minimum atomic E-state index is -0.920. The summed E-state index contributed by atoms with van der Waals surface area (Å²) >= 11 is 0. The van der Waals surface area contributed by atoms with E-state index in [0.717, 1.165) is 12.8 Å². The van der Waals surface area contributed by atoms with Crippen LogP contribution >= 0.6 is 0 Å². The minimum Gasteiger partial charge on any atom is -0.442 e. The van der Waals surface area contributed by atoms with Crippen molar-refractivity contribution in [1.29, 1.82) is 0 Å². The molecular formula is C16H26N2O4. The summed E-state index contributed by atoms with van der Waals surface area (Å²) in [6.07, 6.45) is 0.661. The predicted octanol–water partition coefficient (Wildman–Crippen LogP) is 2.27. The molecule has 0 aliphatic heterocycles. The number of hydrogen-bond donors (Lipinski definition) is 1. The Kier molecular flexibility index (Phi) is 3.68. The van der Waals surface area contributed by atoms with Gasteiger partial charge in [0.05, 0.1) is 0 Å². The maximum atomic E-state index is 12.7. The summed E-state index contributed by atoms with van der Waals surface area (Å²) in [5.74, 6) is 3.96. The van der Waals surface area contributed by atoms with Crippen LogP contribution in [0.25, 0.3) is 0 Å². The molecule has 1 unspecified atom stereocenters. The highest BCUT2D eigenvalue weighted by molar-refractivity contribution is 6.10. The predicted molar refractivity (Wildman–Crippen MR) is 80.4 cm³/mol. The van der Waals surface area contributed by atoms with E-state index in [2.05, 4.69) is 0 Å². The van der Waals surface area contributed by atoms with E-state index >= 15 is 0 Å². The van der Waals surface area contributed by atoms with Gasteiger partial charge < -0.3 is 4.74 Å². The molecule has 2 aliphatic rings. The van der Waals surface area contributed by atoms with Crippen LogP contribution in [0.5, 0.6) is 0 Å². The van der Waals surface area contributed by atoms with E-state index in [1.807, 2.05) is 20.8 Å². The first-order chi connectivity index (χ1) is 9.83. The van der Waals surface area contributed by atoms with Crippen LogP contribution < -0.4 is 5.84 Å². The number of nitrogens with two attached hydrogens (primary N) is 1. The van der Waals surface area contributed by atoms with Crippen LogP contribution in [0.3, 0.4) is 0 Å². The Morgan fingerprint density at radius 3 is 2.23 bits per heavy atom. The Balaban J connectivity index is 2.21. The number of imide groups is 1. The number of rotatable bonds is 1. The van der Waals surface area contributed by atoms with Crippen LogP contribution in [0.15, 0.2) is 0 Å². The van der Waals surface area contributed by atoms with Gasteiger partial charge in [-0.3, -0.25) is 9.59 Å². The van der Waals surface area contributed by atoms with Gasteiger partial charge in [0.15, 0.2) is 5.78 Å². The second kappa shape index (κ2) is 4.78. The molecule has 0 heterocycles. The Morgan fingerprint density at radius 1 is 1.27 bits per heavy atom. The largest absolute Gasteiger partial charge is 0.442 e. The summed E-state index contributed by atoms with van der Waals surface area (Å²) in [5, 5.41) is 0.466. The lowest BCUT2D eigenvalue weighted by Gasteiger charge is -2.32. The first-order valence-electron chi connectivity index (χ1n) is 7.69. The number of Topliss-reactive ketones (excluding diaryl/α,β-unsaturated/α-hetero) is 1. The molecule has 0 saturated heterocycles. The minimum absolute atomic E-state index is 0.0778. The number of carbonyl (C=O) groups excluding carboxylic acids is 3. The molecule has 2 rings (SSSR count). The van der Waals surface area contributed by atoms with Crippen molar-refractivity contribution in [1.82, 2.24) is 5.01 Å². The zero-order valence-electron chi connectivity index (χ0n) is 14.2. The fourth-order valence-electron chi connectivity index (χ4n) is 3.92. The van der Waals surface area contributed by atoms with Crippen LogP contribution in [-0.4, -0.2) is 28.4 Å². The molecule has 0 aromatic heterocycles. The first kappa shape index (κ1) is 16.9. The third kappa shape index (κ3) is 2.24. The quantitative estimate of drug-likeness (QED) is 0.347. The van der Waals surface area contributed by atoms with Crippen molar-refractivity contribution in [2.75, 3.05) is 0 Å². The molecule has 2 N–H and O–H groups in total. The van der Waals surface area contributed by atoms with Crippen molar-refractivity contribution in [3.05, 3.63) is 0 Å². The first-order valence-corrected chi connectivity index (χ1v) is 7.69. The van der Waals surface area contributed by atoms with Crippen molar-refractivity contribution in [3.63, 3.8) is 0 Å². The maximum Gasteiger partial charge on any atom is 0.431 e. The van der Waals surface area contributed by atoms with Crippen molar-refractivity contribution in [3.8, 4) is 0 Å². The van der Waals surface area contributed by atoms with Gasteiger partial charge in [-0.2, -0.15) is 5.01 Å². The van der Waals surface area contributed by atoms with Crippen molar-refractivity contribution >= 4 is 17.8 Å². The van der Waals surface area contributed by atoms with E-state index in [4.69, 9.17) is 10.6 Å². The van der Waals surface area contributed by atoms with E-state index in [0.29, 0.717) is 5.01 Å². The zero-order chi connectivity index (χ0) is 17.1. The second-order valence-electron chi connectivity index (χ2n) is 8.23. The molecule has 2 saturated carbocycles. The molecule has 0 aromatic carbocycles. The maximum absolute atomic E-state index is 12.7. The van der Waals surface area contributed by atoms with Crippen LogP contribution in [0.4, 0.5) is 4.79 Å². The van der Waals surface area contributed by atoms with E-state index < -0.39 is 28.9 Å². The van der Waals surface area contributed by atoms with Gasteiger partial charge >= 0.3 is 6.09 Å². The summed E-state index contributed by atoms with van der Waals surface area (Å²) in [6, 6.07) is 0. The molecule has 0 radical (unpaired) electrons. The number of ether oxygens (including phenoxy) is 1. The van der Waals surface area contributed by atoms with E-state index in [9.17, 15) is 14.4 Å². The van der Waals surface area contributed by atoms with Gasteiger partial charge in [-0.1, -0.05) is 20.8 Å². The number of amides is 2. The van der Waals surface area contributed by atoms with Crippen LogP contribution in [0, 0.1) is 22.7 Å². The third-order valence-corrected chi connectivity index (χ3v) is 5.63. The molecular weight excluding hydrogens is 284 g/mol. The summed E-state index contributed by atoms with van der Waals surface area (Å²) in [4.78, 5) is 37.2. The number of hydrogen-bond acceptors (Lipinski definition) is 5. The van der Waals surface area contributed by atoms with Gasteiger partial charge in [0.1, 0.15) is 11.5 Å². The standard InChI is InChI=1S/C16H26N2O4/c1-14(2,3)22-13(21)18(17)12(20)10-9-7-8-16(6,11(10)19)15(9,4)5/h9-10H,7-8,17H2,1-6H3/t9-,10?,16+/m1/s1. The number of fused-ring (bicyclic) bond motifs is 2. The molecule has 0 spiro atoms. The highest BCUT2D eigenvalue weighted by Gasteiger charge is 2.68. The van der Waals surface area contributed by atoms with E-state index in [1.165, 1.54) is 0 Å². The Morgan fingerprint density at radius 2 is 1.82 bits per heavy atom. The number of hydrazine groups is 1. The molecule has 6 nitrogen and oxygen atoms in total. The molecule has 3 atom stereocenters. The average Bonchev–Trinajstić information content (AvgIpc) is 2.67. The van der Waals surface area contributed by atoms with Gasteiger partial charge in [-0.15, -0.1) is 0 Å². The lowest BCUT2D eigenvalue weighted by Crippen LogP contribution is -2.51. The van der Waals surface area contributed by atoms with Crippen molar-refractivity contribution < 1.29 is 19.1 Å². The SMILES string of the molecule is CC(C)(C)OC(=O)N(N)C(=O)C1C(=O)[C@]2(C)CC[C@H]1C2(C)C. The number of carbonyl (C=O) groups is 3. The molecule has 124 valence electrons. The van der Waals surface area contributed by atoms with E-state index in [-0.39, 0.29) is 17.1 Å². The monoisotopic (exact) mass is 310 g/mol. The Bertz CT molecular complexity index is 535. The number of ketones is 1. The van der Waals surface area contributed by atoms with Crippen molar-refractivity contribution in [2.45, 2.75) is 60.0 Å². The summed E-state index contributed by atoms with van der Waals surface area (Å²) in [6.45, 7) is 11.0. The van der Waals surface area contributed by atoms with Gasteiger partial charge in [-0.25, -0.2) is 10.6 Å². The summed E-state index contributed by atoms with van der Waals surface area (Å²) in [5.41, 5.74) is -1.54. The van der Waals surface area contributed by atoms with E-state index in [1.54, 1.807) is 20.8 Å². The molecule has 22 heavy (non-hydrogen) atoms. The molecule has 0 aromatic rings. The molecule has 2 aliphatic carbocycles. The van der Waals surface area contributed by atoms with Gasteiger partial charge in [0, 0.05) is 5.41 Å². The second-order valence-corrected chi connectivity index (χ2v) is 8.23. The zero-order valence-corrected chi connectivity index (χ0v) is 14.2. The fraction of sp³-hybridized carbons (Fsp3) is 0.812. The third-order valence-electron chi connectivity index (χ3n) is 5.63. The Hall–Kier alpha value is -1.43. The highest BCUT2D eigenvalue weighted by atomic mass is 16.6. The number of nitrogens with zero attached hydrogens (tertiary/aromatic N) is 1. The fourth-order valence-corrected chi connectivity index (χ4v) is 3.92. The van der Waals surface area contributed by atoms with Crippen LogP contribution in [0.1, 0.15) is 54.4 Å². The van der Waals surface area contributed by atoms with Gasteiger partial charge in [0.25, 0.3) is 5.91 Å². The average molecular weight is 310 g/mol. The van der Waals surface area contributed by atoms with Gasteiger partial charge in [0.2, 0.25) is 0 Å². The topological polar surface area (TPSA) is 89.7 Å². The van der Waals surface area contributed by atoms with Crippen LogP contribution in [-0.2, 0) is 14.3 Å². The molecule has 2 fully saturated rings.